The first-order chi connectivity index (χ1) is 13.5. The van der Waals surface area contributed by atoms with Crippen molar-refractivity contribution in [1.29, 1.82) is 0 Å². The van der Waals surface area contributed by atoms with E-state index < -0.39 is 5.41 Å². The van der Waals surface area contributed by atoms with Gasteiger partial charge >= 0.3 is 0 Å². The van der Waals surface area contributed by atoms with Crippen molar-refractivity contribution < 1.29 is 14.0 Å². The lowest BCUT2D eigenvalue weighted by Crippen LogP contribution is -2.52. The second kappa shape index (κ2) is 7.72. The molecule has 3 fully saturated rings. The van der Waals surface area contributed by atoms with E-state index in [1.807, 2.05) is 4.90 Å². The lowest BCUT2D eigenvalue weighted by Gasteiger charge is -2.36. The summed E-state index contributed by atoms with van der Waals surface area (Å²) in [5.74, 6) is -0.116. The van der Waals surface area contributed by atoms with Crippen LogP contribution in [0.2, 0.25) is 0 Å². The minimum Gasteiger partial charge on any atom is -0.376 e. The Labute approximate surface area is 166 Å². The van der Waals surface area contributed by atoms with Crippen molar-refractivity contribution >= 4 is 17.5 Å². The van der Waals surface area contributed by atoms with Crippen molar-refractivity contribution in [3.8, 4) is 0 Å². The van der Waals surface area contributed by atoms with Crippen LogP contribution in [0.5, 0.6) is 0 Å². The third kappa shape index (κ3) is 3.38. The first-order valence-electron chi connectivity index (χ1n) is 10.6. The van der Waals surface area contributed by atoms with Crippen LogP contribution < -0.4 is 10.6 Å². The summed E-state index contributed by atoms with van der Waals surface area (Å²) < 4.78 is 13.0. The number of amides is 2. The zero-order chi connectivity index (χ0) is 19.7. The third-order valence-electron chi connectivity index (χ3n) is 7.09. The molecule has 6 heteroatoms. The van der Waals surface area contributed by atoms with E-state index in [2.05, 4.69) is 17.6 Å². The molecule has 3 aliphatic rings. The summed E-state index contributed by atoms with van der Waals surface area (Å²) in [5, 5.41) is 6.38. The maximum Gasteiger partial charge on any atom is 0.242 e. The molecule has 2 saturated heterocycles. The summed E-state index contributed by atoms with van der Waals surface area (Å²) in [6.07, 6.45) is 7.94. The van der Waals surface area contributed by atoms with Gasteiger partial charge in [-0.15, -0.1) is 0 Å². The minimum absolute atomic E-state index is 0.00794. The molecule has 0 radical (unpaired) electrons. The molecule has 152 valence electrons. The smallest absolute Gasteiger partial charge is 0.242 e. The molecule has 2 heterocycles. The molecule has 3 atom stereocenters. The number of carbonyl (C=O) groups is 2. The number of hydrogen-bond acceptors (Lipinski definition) is 3. The van der Waals surface area contributed by atoms with Crippen molar-refractivity contribution in [1.82, 2.24) is 10.2 Å². The molecule has 0 spiro atoms. The van der Waals surface area contributed by atoms with Crippen molar-refractivity contribution in [3.63, 3.8) is 0 Å². The van der Waals surface area contributed by atoms with E-state index in [1.165, 1.54) is 25.0 Å². The highest BCUT2D eigenvalue weighted by molar-refractivity contribution is 5.88. The molecule has 4 rings (SSSR count). The van der Waals surface area contributed by atoms with Gasteiger partial charge in [0.1, 0.15) is 5.82 Å². The lowest BCUT2D eigenvalue weighted by atomic mass is 9.71. The van der Waals surface area contributed by atoms with Crippen molar-refractivity contribution in [2.24, 2.45) is 5.41 Å². The molecule has 2 N–H and O–H groups in total. The molecule has 1 aliphatic carbocycles. The van der Waals surface area contributed by atoms with Gasteiger partial charge in [0.2, 0.25) is 11.8 Å². The second-order valence-electron chi connectivity index (χ2n) is 8.58. The number of fused-ring (bicyclic) bond motifs is 2. The van der Waals surface area contributed by atoms with Gasteiger partial charge in [0.15, 0.2) is 0 Å². The molecular formula is C22H30FN3O2. The third-order valence-corrected chi connectivity index (χ3v) is 7.09. The van der Waals surface area contributed by atoms with Gasteiger partial charge in [-0.1, -0.05) is 19.8 Å². The number of nitrogens with zero attached hydrogens (tertiary/aromatic N) is 1. The number of anilines is 1. The standard InChI is InChI=1S/C22H30FN3O2/c1-2-22(21(28)25-17-5-3-4-6-17)13-18-11-12-19(22)26(18)20(27)14-24-16-9-7-15(23)8-10-16/h7-10,17-19,24H,2-6,11-14H2,1H3,(H,25,28)/t18-,19+,22+/m1/s1. The van der Waals surface area contributed by atoms with Crippen LogP contribution in [0.4, 0.5) is 10.1 Å². The summed E-state index contributed by atoms with van der Waals surface area (Å²) >= 11 is 0. The normalized spacial score (nSPS) is 29.3. The van der Waals surface area contributed by atoms with Crippen molar-refractivity contribution in [3.05, 3.63) is 30.1 Å². The van der Waals surface area contributed by atoms with Gasteiger partial charge in [0.05, 0.1) is 12.0 Å². The number of benzene rings is 1. The van der Waals surface area contributed by atoms with Crippen LogP contribution in [0, 0.1) is 11.2 Å². The molecule has 28 heavy (non-hydrogen) atoms. The molecule has 1 saturated carbocycles. The van der Waals surface area contributed by atoms with E-state index in [4.69, 9.17) is 0 Å². The fraction of sp³-hybridized carbons (Fsp3) is 0.636. The van der Waals surface area contributed by atoms with Crippen LogP contribution in [-0.4, -0.2) is 41.4 Å². The predicted octanol–water partition coefficient (Wildman–Crippen LogP) is 3.46. The second-order valence-corrected chi connectivity index (χ2v) is 8.58. The fourth-order valence-electron chi connectivity index (χ4n) is 5.58. The first kappa shape index (κ1) is 19.2. The van der Waals surface area contributed by atoms with Crippen LogP contribution in [0.3, 0.4) is 0 Å². The molecule has 5 nitrogen and oxygen atoms in total. The van der Waals surface area contributed by atoms with Gasteiger partial charge in [0, 0.05) is 23.8 Å². The number of hydrogen-bond donors (Lipinski definition) is 2. The Morgan fingerprint density at radius 2 is 1.86 bits per heavy atom. The SMILES string of the molecule is CC[C@]1(C(=O)NC2CCCC2)C[C@H]2CC[C@@H]1N2C(=O)CNc1ccc(F)cc1. The van der Waals surface area contributed by atoms with Crippen molar-refractivity contribution in [2.45, 2.75) is 76.4 Å². The van der Waals surface area contributed by atoms with E-state index in [0.717, 1.165) is 44.2 Å². The monoisotopic (exact) mass is 387 g/mol. The Morgan fingerprint density at radius 3 is 2.54 bits per heavy atom. The first-order valence-corrected chi connectivity index (χ1v) is 10.6. The van der Waals surface area contributed by atoms with Crippen LogP contribution in [0.1, 0.15) is 58.3 Å². The zero-order valence-corrected chi connectivity index (χ0v) is 16.5. The summed E-state index contributed by atoms with van der Waals surface area (Å²) in [6.45, 7) is 2.25. The van der Waals surface area contributed by atoms with Crippen LogP contribution >= 0.6 is 0 Å². The van der Waals surface area contributed by atoms with E-state index >= 15 is 0 Å². The Hall–Kier alpha value is -2.11. The molecular weight excluding hydrogens is 357 g/mol. The number of rotatable bonds is 6. The van der Waals surface area contributed by atoms with Crippen LogP contribution in [0.15, 0.2) is 24.3 Å². The van der Waals surface area contributed by atoms with Gasteiger partial charge in [-0.25, -0.2) is 4.39 Å². The largest absolute Gasteiger partial charge is 0.376 e. The maximum absolute atomic E-state index is 13.2. The quantitative estimate of drug-likeness (QED) is 0.786. The van der Waals surface area contributed by atoms with Gasteiger partial charge < -0.3 is 15.5 Å². The molecule has 1 aromatic carbocycles. The molecule has 0 aromatic heterocycles. The molecule has 1 aromatic rings. The van der Waals surface area contributed by atoms with Crippen LogP contribution in [-0.2, 0) is 9.59 Å². The summed E-state index contributed by atoms with van der Waals surface area (Å²) in [5.41, 5.74) is 0.277. The van der Waals surface area contributed by atoms with Gasteiger partial charge in [-0.3, -0.25) is 9.59 Å². The number of carbonyl (C=O) groups excluding carboxylic acids is 2. The molecule has 2 amide bonds. The van der Waals surface area contributed by atoms with Gasteiger partial charge in [0.25, 0.3) is 0 Å². The van der Waals surface area contributed by atoms with E-state index in [1.54, 1.807) is 12.1 Å². The highest BCUT2D eigenvalue weighted by Crippen LogP contribution is 2.52. The summed E-state index contributed by atoms with van der Waals surface area (Å²) in [7, 11) is 0. The van der Waals surface area contributed by atoms with E-state index in [9.17, 15) is 14.0 Å². The van der Waals surface area contributed by atoms with Gasteiger partial charge in [-0.2, -0.15) is 0 Å². The fourth-order valence-corrected chi connectivity index (χ4v) is 5.58. The highest BCUT2D eigenvalue weighted by Gasteiger charge is 2.60. The summed E-state index contributed by atoms with van der Waals surface area (Å²) in [4.78, 5) is 28.2. The molecule has 2 bridgehead atoms. The Balaban J connectivity index is 1.43. The average Bonchev–Trinajstić information content (AvgIpc) is 3.42. The van der Waals surface area contributed by atoms with E-state index in [-0.39, 0.29) is 36.3 Å². The number of nitrogens with one attached hydrogen (secondary N) is 2. The highest BCUT2D eigenvalue weighted by atomic mass is 19.1. The minimum atomic E-state index is -0.447. The number of halogens is 1. The molecule has 0 unspecified atom stereocenters. The topological polar surface area (TPSA) is 61.4 Å². The average molecular weight is 387 g/mol. The summed E-state index contributed by atoms with van der Waals surface area (Å²) in [6, 6.07) is 6.47. The Morgan fingerprint density at radius 1 is 1.14 bits per heavy atom. The maximum atomic E-state index is 13.2. The lowest BCUT2D eigenvalue weighted by molar-refractivity contribution is -0.136. The Bertz CT molecular complexity index is 732. The Kier molecular flexibility index (Phi) is 5.30. The zero-order valence-electron chi connectivity index (χ0n) is 16.5. The molecule has 2 aliphatic heterocycles. The predicted molar refractivity (Wildman–Crippen MR) is 106 cm³/mol. The van der Waals surface area contributed by atoms with Crippen molar-refractivity contribution in [2.75, 3.05) is 11.9 Å². The van der Waals surface area contributed by atoms with Crippen LogP contribution in [0.25, 0.3) is 0 Å². The van der Waals surface area contributed by atoms with Gasteiger partial charge in [-0.05, 0) is 62.8 Å². The van der Waals surface area contributed by atoms with E-state index in [0.29, 0.717) is 6.04 Å².